The molecule has 0 saturated carbocycles. The molecule has 0 radical (unpaired) electrons. The molecule has 2 unspecified atom stereocenters. The number of nitrogens with zero attached hydrogens (tertiary/aromatic N) is 3. The number of morpholine rings is 1. The van der Waals surface area contributed by atoms with Crippen molar-refractivity contribution in [3.63, 3.8) is 0 Å². The lowest BCUT2D eigenvalue weighted by Crippen LogP contribution is -2.48. The van der Waals surface area contributed by atoms with Crippen molar-refractivity contribution in [1.29, 1.82) is 0 Å². The predicted octanol–water partition coefficient (Wildman–Crippen LogP) is 0.674. The van der Waals surface area contributed by atoms with Crippen molar-refractivity contribution in [3.8, 4) is 11.5 Å². The van der Waals surface area contributed by atoms with Crippen molar-refractivity contribution in [2.24, 2.45) is 14.2 Å². The van der Waals surface area contributed by atoms with Crippen molar-refractivity contribution in [2.45, 2.75) is 37.5 Å². The van der Waals surface area contributed by atoms with E-state index in [1.165, 1.54) is 9.71 Å². The second-order valence-electron chi connectivity index (χ2n) is 10.1. The molecule has 38 heavy (non-hydrogen) atoms. The van der Waals surface area contributed by atoms with Crippen molar-refractivity contribution in [2.75, 3.05) is 33.1 Å². The SMILES string of the molecule is CC(C)(C)[C@@H](NC1=NS(=O)(=O)N=C1NC1=CSC(S(=O)(=O)N2CCOCC2)C1O)c1ccc2c(c1)OCO2. The third-order valence-corrected chi connectivity index (χ3v) is 11.0. The lowest BCUT2D eigenvalue weighted by Gasteiger charge is -2.33. The number of aliphatic hydroxyl groups excluding tert-OH is 1. The number of amidine groups is 2. The first kappa shape index (κ1) is 27.2. The van der Waals surface area contributed by atoms with Crippen LogP contribution < -0.4 is 20.1 Å². The minimum absolute atomic E-state index is 0.0554. The number of ether oxygens (including phenoxy) is 3. The molecule has 5 rings (SSSR count). The molecule has 3 atom stereocenters. The molecule has 4 aliphatic rings. The summed E-state index contributed by atoms with van der Waals surface area (Å²) >= 11 is 0.935. The zero-order valence-corrected chi connectivity index (χ0v) is 23.4. The van der Waals surface area contributed by atoms with Crippen molar-refractivity contribution >= 4 is 43.7 Å². The number of nitrogens with one attached hydrogen (secondary N) is 2. The van der Waals surface area contributed by atoms with E-state index in [0.717, 1.165) is 17.3 Å². The van der Waals surface area contributed by atoms with Crippen LogP contribution in [0.2, 0.25) is 0 Å². The summed E-state index contributed by atoms with van der Waals surface area (Å²) in [6.07, 6.45) is -1.44. The van der Waals surface area contributed by atoms with Gasteiger partial charge in [-0.25, -0.2) is 8.42 Å². The normalized spacial score (nSPS) is 25.9. The molecule has 16 heteroatoms. The Morgan fingerprint density at radius 2 is 1.82 bits per heavy atom. The highest BCUT2D eigenvalue weighted by molar-refractivity contribution is 8.14. The van der Waals surface area contributed by atoms with Gasteiger partial charge in [0.15, 0.2) is 27.8 Å². The first-order chi connectivity index (χ1) is 17.8. The van der Waals surface area contributed by atoms with E-state index < -0.39 is 42.4 Å². The summed E-state index contributed by atoms with van der Waals surface area (Å²) in [6.45, 7) is 7.02. The van der Waals surface area contributed by atoms with Gasteiger partial charge in [-0.3, -0.25) is 0 Å². The lowest BCUT2D eigenvalue weighted by atomic mass is 9.82. The molecule has 1 saturated heterocycles. The molecule has 1 aromatic carbocycles. The van der Waals surface area contributed by atoms with Gasteiger partial charge in [-0.15, -0.1) is 20.6 Å². The Balaban J connectivity index is 1.35. The fraction of sp³-hybridized carbons (Fsp3) is 0.545. The second kappa shape index (κ2) is 9.98. The Morgan fingerprint density at radius 3 is 2.53 bits per heavy atom. The molecule has 0 bridgehead atoms. The molecule has 0 spiro atoms. The van der Waals surface area contributed by atoms with Gasteiger partial charge in [-0.2, -0.15) is 12.7 Å². The molecule has 0 aromatic heterocycles. The van der Waals surface area contributed by atoms with Gasteiger partial charge in [-0.1, -0.05) is 26.8 Å². The van der Waals surface area contributed by atoms with Gasteiger partial charge in [0.2, 0.25) is 16.8 Å². The van der Waals surface area contributed by atoms with Crippen LogP contribution in [0.5, 0.6) is 11.5 Å². The Morgan fingerprint density at radius 1 is 1.13 bits per heavy atom. The minimum Gasteiger partial charge on any atom is -0.454 e. The first-order valence-electron chi connectivity index (χ1n) is 11.8. The molecule has 13 nitrogen and oxygen atoms in total. The maximum absolute atomic E-state index is 13.1. The maximum Gasteiger partial charge on any atom is 0.367 e. The Bertz CT molecular complexity index is 1410. The number of hydrogen-bond donors (Lipinski definition) is 3. The van der Waals surface area contributed by atoms with Crippen LogP contribution in [-0.4, -0.2) is 81.7 Å². The van der Waals surface area contributed by atoms with Crippen LogP contribution in [0.3, 0.4) is 0 Å². The lowest BCUT2D eigenvalue weighted by molar-refractivity contribution is 0.0723. The monoisotopic (exact) mass is 587 g/mol. The summed E-state index contributed by atoms with van der Waals surface area (Å²) in [5, 5.41) is 18.3. The van der Waals surface area contributed by atoms with Crippen molar-refractivity contribution < 1.29 is 36.2 Å². The van der Waals surface area contributed by atoms with Gasteiger partial charge >= 0.3 is 10.2 Å². The van der Waals surface area contributed by atoms with E-state index in [4.69, 9.17) is 14.2 Å². The summed E-state index contributed by atoms with van der Waals surface area (Å²) in [6, 6.07) is 5.03. The smallest absolute Gasteiger partial charge is 0.367 e. The maximum atomic E-state index is 13.1. The summed E-state index contributed by atoms with van der Waals surface area (Å²) in [7, 11) is -8.04. The van der Waals surface area contributed by atoms with E-state index in [1.807, 2.05) is 32.9 Å². The minimum atomic E-state index is -4.20. The Labute approximate surface area is 225 Å². The van der Waals surface area contributed by atoms with Gasteiger partial charge in [0, 0.05) is 13.1 Å². The fourth-order valence-electron chi connectivity index (χ4n) is 4.40. The average molecular weight is 588 g/mol. The van der Waals surface area contributed by atoms with E-state index in [0.29, 0.717) is 11.5 Å². The molecule has 3 N–H and O–H groups in total. The summed E-state index contributed by atoms with van der Waals surface area (Å²) < 4.78 is 74.6. The van der Waals surface area contributed by atoms with Crippen LogP contribution in [0.1, 0.15) is 32.4 Å². The van der Waals surface area contributed by atoms with Crippen molar-refractivity contribution in [1.82, 2.24) is 14.9 Å². The average Bonchev–Trinajstić information content (AvgIpc) is 3.54. The van der Waals surface area contributed by atoms with Crippen LogP contribution in [0.25, 0.3) is 0 Å². The van der Waals surface area contributed by atoms with Gasteiger partial charge in [-0.05, 0) is 28.5 Å². The largest absolute Gasteiger partial charge is 0.454 e. The zero-order valence-electron chi connectivity index (χ0n) is 20.9. The van der Waals surface area contributed by atoms with Gasteiger partial charge in [0.25, 0.3) is 0 Å². The van der Waals surface area contributed by atoms with E-state index in [1.54, 1.807) is 6.07 Å². The molecular formula is C22H29N5O8S3. The molecule has 208 valence electrons. The van der Waals surface area contributed by atoms with Crippen LogP contribution in [0.4, 0.5) is 0 Å². The number of fused-ring (bicyclic) bond motifs is 1. The molecule has 1 fully saturated rings. The highest BCUT2D eigenvalue weighted by Gasteiger charge is 2.44. The number of benzene rings is 1. The van der Waals surface area contributed by atoms with Crippen LogP contribution in [0, 0.1) is 5.41 Å². The quantitative estimate of drug-likeness (QED) is 0.443. The number of aliphatic hydroxyl groups is 1. The summed E-state index contributed by atoms with van der Waals surface area (Å²) in [5.74, 6) is 0.998. The Hall–Kier alpha value is -2.37. The summed E-state index contributed by atoms with van der Waals surface area (Å²) in [4.78, 5) is 0. The van der Waals surface area contributed by atoms with E-state index >= 15 is 0 Å². The predicted molar refractivity (Wildman–Crippen MR) is 142 cm³/mol. The first-order valence-corrected chi connectivity index (χ1v) is 15.7. The topological polar surface area (TPSA) is 168 Å². The van der Waals surface area contributed by atoms with Crippen LogP contribution in [0.15, 0.2) is 38.1 Å². The molecule has 1 aromatic rings. The highest BCUT2D eigenvalue weighted by Crippen LogP contribution is 2.40. The third-order valence-electron chi connectivity index (χ3n) is 6.31. The number of sulfonamides is 1. The van der Waals surface area contributed by atoms with Crippen molar-refractivity contribution in [3.05, 3.63) is 34.9 Å². The molecular weight excluding hydrogens is 558 g/mol. The zero-order chi connectivity index (χ0) is 27.3. The number of thioether (sulfide) groups is 1. The molecule has 4 aliphatic heterocycles. The summed E-state index contributed by atoms with van der Waals surface area (Å²) in [5.41, 5.74) is 0.505. The van der Waals surface area contributed by atoms with E-state index in [9.17, 15) is 21.9 Å². The number of rotatable bonds is 5. The van der Waals surface area contributed by atoms with Gasteiger partial charge in [0.1, 0.15) is 6.10 Å². The second-order valence-corrected chi connectivity index (χ2v) is 14.7. The molecule has 0 amide bonds. The van der Waals surface area contributed by atoms with Gasteiger partial charge < -0.3 is 30.0 Å². The van der Waals surface area contributed by atoms with E-state index in [2.05, 4.69) is 19.4 Å². The van der Waals surface area contributed by atoms with Gasteiger partial charge in [0.05, 0.1) is 25.0 Å². The molecule has 4 heterocycles. The van der Waals surface area contributed by atoms with Crippen LogP contribution in [-0.2, 0) is 25.0 Å². The number of hydrogen-bond acceptors (Lipinski definition) is 11. The van der Waals surface area contributed by atoms with E-state index in [-0.39, 0.29) is 50.5 Å². The standard InChI is InChI=1S/C22H29N5O8S3/c1-22(2,3)18(13-4-5-15-16(10-13)35-12-34-15)24-20-19(25-38(31,32)26-20)23-14-11-36-21(17(14)28)37(29,30)27-6-8-33-9-7-27/h4-5,10-11,17-18,21,28H,6-9,12H2,1-3H3,(H,23,25)(H,24,26)/t17?,18-,21?/m0/s1. The van der Waals surface area contributed by atoms with Crippen LogP contribution >= 0.6 is 11.8 Å². The fourth-order valence-corrected chi connectivity index (χ4v) is 8.46. The molecule has 0 aliphatic carbocycles. The Kier molecular flexibility index (Phi) is 7.15. The third kappa shape index (κ3) is 5.37. The highest BCUT2D eigenvalue weighted by atomic mass is 32.3.